The molecule has 2 aromatic rings. The van der Waals surface area contributed by atoms with E-state index in [-0.39, 0.29) is 24.7 Å². The lowest BCUT2D eigenvalue weighted by Gasteiger charge is -2.27. The third-order valence-electron chi connectivity index (χ3n) is 6.05. The summed E-state index contributed by atoms with van der Waals surface area (Å²) in [7, 11) is 0. The summed E-state index contributed by atoms with van der Waals surface area (Å²) in [4.78, 5) is 17.7. The van der Waals surface area contributed by atoms with Crippen LogP contribution < -0.4 is 0 Å². The van der Waals surface area contributed by atoms with Gasteiger partial charge in [-0.25, -0.2) is 4.79 Å². The summed E-state index contributed by atoms with van der Waals surface area (Å²) in [6, 6.07) is 21.4. The molecule has 3 atom stereocenters. The molecule has 2 aliphatic rings. The van der Waals surface area contributed by atoms with E-state index in [1.807, 2.05) is 48.2 Å². The van der Waals surface area contributed by atoms with Crippen LogP contribution in [0.25, 0.3) is 0 Å². The first kappa shape index (κ1) is 20.3. The van der Waals surface area contributed by atoms with Gasteiger partial charge in [-0.2, -0.15) is 11.8 Å². The van der Waals surface area contributed by atoms with E-state index in [1.54, 1.807) is 0 Å². The zero-order valence-electron chi connectivity index (χ0n) is 16.8. The van der Waals surface area contributed by atoms with Gasteiger partial charge in [-0.05, 0) is 24.0 Å². The van der Waals surface area contributed by atoms with Crippen LogP contribution in [-0.4, -0.2) is 50.6 Å². The Balaban J connectivity index is 1.53. The standard InChI is InChI=1S/C24H30N2O2S/c27-15-9-3-8-14-22-23-21(18-29-22)25(16-19-10-4-1-5-11-19)24(28)26(23)17-20-12-6-2-7-13-20/h1-2,4-7,10-13,21-23,27H,3,8-9,14-18H2/t21-,22+,23-/m0/s1. The molecule has 0 saturated carbocycles. The minimum absolute atomic E-state index is 0.174. The summed E-state index contributed by atoms with van der Waals surface area (Å²) in [5, 5.41) is 9.54. The fourth-order valence-corrected chi connectivity index (χ4v) is 6.27. The maximum Gasteiger partial charge on any atom is 0.321 e. The first-order valence-corrected chi connectivity index (χ1v) is 11.7. The number of hydrogen-bond acceptors (Lipinski definition) is 3. The first-order chi connectivity index (χ1) is 14.3. The number of hydrogen-bond donors (Lipinski definition) is 1. The number of aliphatic hydroxyl groups is 1. The van der Waals surface area contributed by atoms with E-state index in [4.69, 9.17) is 5.11 Å². The third-order valence-corrected chi connectivity index (χ3v) is 7.52. The number of fused-ring (bicyclic) bond motifs is 1. The number of thioether (sulfide) groups is 1. The van der Waals surface area contributed by atoms with Crippen LogP contribution in [0.4, 0.5) is 4.79 Å². The Bertz CT molecular complexity index is 786. The predicted molar refractivity (Wildman–Crippen MR) is 119 cm³/mol. The molecule has 2 amide bonds. The summed E-state index contributed by atoms with van der Waals surface area (Å²) in [5.41, 5.74) is 2.38. The summed E-state index contributed by atoms with van der Waals surface area (Å²) in [5.74, 6) is 1.01. The van der Waals surface area contributed by atoms with Crippen molar-refractivity contribution in [3.8, 4) is 0 Å². The third kappa shape index (κ3) is 4.62. The van der Waals surface area contributed by atoms with E-state index in [2.05, 4.69) is 34.1 Å². The molecule has 0 bridgehead atoms. The quantitative estimate of drug-likeness (QED) is 0.488. The van der Waals surface area contributed by atoms with Gasteiger partial charge in [-0.15, -0.1) is 0 Å². The summed E-state index contributed by atoms with van der Waals surface area (Å²) in [6.07, 6.45) is 4.17. The van der Waals surface area contributed by atoms with Crippen molar-refractivity contribution >= 4 is 17.8 Å². The summed E-state index contributed by atoms with van der Waals surface area (Å²) < 4.78 is 0. The van der Waals surface area contributed by atoms with Crippen LogP contribution in [0.1, 0.15) is 36.8 Å². The minimum Gasteiger partial charge on any atom is -0.396 e. The molecule has 5 heteroatoms. The van der Waals surface area contributed by atoms with E-state index < -0.39 is 0 Å². The van der Waals surface area contributed by atoms with E-state index in [0.717, 1.165) is 31.4 Å². The van der Waals surface area contributed by atoms with Gasteiger partial charge in [-0.3, -0.25) is 0 Å². The Morgan fingerprint density at radius 2 is 1.48 bits per heavy atom. The lowest BCUT2D eigenvalue weighted by atomic mass is 10.0. The van der Waals surface area contributed by atoms with Crippen molar-refractivity contribution in [3.63, 3.8) is 0 Å². The molecule has 0 radical (unpaired) electrons. The maximum absolute atomic E-state index is 13.5. The van der Waals surface area contributed by atoms with E-state index in [0.29, 0.717) is 18.3 Å². The highest BCUT2D eigenvalue weighted by Gasteiger charge is 2.52. The van der Waals surface area contributed by atoms with Gasteiger partial charge in [0.05, 0.1) is 12.1 Å². The summed E-state index contributed by atoms with van der Waals surface area (Å²) >= 11 is 2.03. The van der Waals surface area contributed by atoms with E-state index in [9.17, 15) is 4.79 Å². The van der Waals surface area contributed by atoms with Gasteiger partial charge in [0, 0.05) is 30.7 Å². The van der Waals surface area contributed by atoms with Crippen molar-refractivity contribution in [1.82, 2.24) is 9.80 Å². The number of rotatable bonds is 9. The zero-order chi connectivity index (χ0) is 20.1. The molecule has 2 aliphatic heterocycles. The number of amides is 2. The highest BCUT2D eigenvalue weighted by atomic mass is 32.2. The van der Waals surface area contributed by atoms with Gasteiger partial charge in [0.2, 0.25) is 0 Å². The van der Waals surface area contributed by atoms with Crippen molar-refractivity contribution in [3.05, 3.63) is 71.8 Å². The van der Waals surface area contributed by atoms with Crippen LogP contribution in [0.5, 0.6) is 0 Å². The van der Waals surface area contributed by atoms with Crippen molar-refractivity contribution in [2.24, 2.45) is 0 Å². The summed E-state index contributed by atoms with van der Waals surface area (Å²) in [6.45, 7) is 1.64. The van der Waals surface area contributed by atoms with Crippen molar-refractivity contribution in [2.75, 3.05) is 12.4 Å². The number of carbonyl (C=O) groups is 1. The second-order valence-corrected chi connectivity index (χ2v) is 9.28. The number of unbranched alkanes of at least 4 members (excludes halogenated alkanes) is 2. The van der Waals surface area contributed by atoms with Crippen LogP contribution >= 0.6 is 11.8 Å². The average Bonchev–Trinajstić information content (AvgIpc) is 3.27. The van der Waals surface area contributed by atoms with Gasteiger partial charge in [0.1, 0.15) is 0 Å². The second-order valence-electron chi connectivity index (χ2n) is 8.01. The largest absolute Gasteiger partial charge is 0.396 e. The van der Waals surface area contributed by atoms with E-state index in [1.165, 1.54) is 11.1 Å². The predicted octanol–water partition coefficient (Wildman–Crippen LogP) is 4.53. The van der Waals surface area contributed by atoms with Crippen molar-refractivity contribution in [2.45, 2.75) is 56.1 Å². The van der Waals surface area contributed by atoms with E-state index >= 15 is 0 Å². The van der Waals surface area contributed by atoms with Gasteiger partial charge < -0.3 is 14.9 Å². The first-order valence-electron chi connectivity index (χ1n) is 10.7. The SMILES string of the molecule is O=C1N(Cc2ccccc2)[C@@H]2[C@@H](CCCCCO)SC[C@@H]2N1Cc1ccccc1. The van der Waals surface area contributed by atoms with Crippen LogP contribution in [0, 0.1) is 0 Å². The number of benzene rings is 2. The number of urea groups is 1. The fraction of sp³-hybridized carbons (Fsp3) is 0.458. The van der Waals surface area contributed by atoms with Gasteiger partial charge in [-0.1, -0.05) is 73.5 Å². The number of carbonyl (C=O) groups excluding carboxylic acids is 1. The molecular formula is C24H30N2O2S. The molecule has 29 heavy (non-hydrogen) atoms. The zero-order valence-corrected chi connectivity index (χ0v) is 17.6. The van der Waals surface area contributed by atoms with Crippen LogP contribution in [0.15, 0.2) is 60.7 Å². The van der Waals surface area contributed by atoms with Crippen LogP contribution in [0.3, 0.4) is 0 Å². The minimum atomic E-state index is 0.174. The van der Waals surface area contributed by atoms with Crippen LogP contribution in [0.2, 0.25) is 0 Å². The van der Waals surface area contributed by atoms with Gasteiger partial charge >= 0.3 is 6.03 Å². The normalized spacial score (nSPS) is 23.6. The maximum atomic E-state index is 13.5. The number of aliphatic hydroxyl groups excluding tert-OH is 1. The average molecular weight is 411 g/mol. The smallest absolute Gasteiger partial charge is 0.321 e. The molecule has 4 rings (SSSR count). The lowest BCUT2D eigenvalue weighted by molar-refractivity contribution is 0.180. The lowest BCUT2D eigenvalue weighted by Crippen LogP contribution is -2.40. The molecule has 154 valence electrons. The topological polar surface area (TPSA) is 43.8 Å². The highest BCUT2D eigenvalue weighted by Crippen LogP contribution is 2.42. The monoisotopic (exact) mass is 410 g/mol. The molecule has 0 aromatic heterocycles. The molecule has 2 heterocycles. The molecule has 0 aliphatic carbocycles. The molecule has 2 saturated heterocycles. The Kier molecular flexibility index (Phi) is 6.78. The molecule has 0 spiro atoms. The molecular weight excluding hydrogens is 380 g/mol. The molecule has 2 fully saturated rings. The Hall–Kier alpha value is -1.98. The fourth-order valence-electron chi connectivity index (χ4n) is 4.59. The van der Waals surface area contributed by atoms with Crippen LogP contribution in [-0.2, 0) is 13.1 Å². The molecule has 4 nitrogen and oxygen atoms in total. The van der Waals surface area contributed by atoms with Crippen molar-refractivity contribution in [1.29, 1.82) is 0 Å². The molecule has 2 aromatic carbocycles. The van der Waals surface area contributed by atoms with Gasteiger partial charge in [0.25, 0.3) is 0 Å². The second kappa shape index (κ2) is 9.68. The highest BCUT2D eigenvalue weighted by molar-refractivity contribution is 8.00. The van der Waals surface area contributed by atoms with Crippen molar-refractivity contribution < 1.29 is 9.90 Å². The Morgan fingerprint density at radius 1 is 0.862 bits per heavy atom. The Morgan fingerprint density at radius 3 is 2.10 bits per heavy atom. The van der Waals surface area contributed by atoms with Gasteiger partial charge in [0.15, 0.2) is 0 Å². The number of nitrogens with zero attached hydrogens (tertiary/aromatic N) is 2. The Labute approximate surface area is 177 Å². The molecule has 0 unspecified atom stereocenters. The molecule has 1 N–H and O–H groups in total.